The van der Waals surface area contributed by atoms with Crippen molar-refractivity contribution in [1.82, 2.24) is 4.31 Å². The number of nitrogens with zero attached hydrogens (tertiary/aromatic N) is 2. The summed E-state index contributed by atoms with van der Waals surface area (Å²) in [6, 6.07) is 13.2. The van der Waals surface area contributed by atoms with Crippen molar-refractivity contribution in [1.29, 1.82) is 0 Å². The predicted molar refractivity (Wildman–Crippen MR) is 125 cm³/mol. The van der Waals surface area contributed by atoms with E-state index in [1.54, 1.807) is 12.1 Å². The zero-order valence-electron chi connectivity index (χ0n) is 19.0. The lowest BCUT2D eigenvalue weighted by Crippen LogP contribution is -2.34. The van der Waals surface area contributed by atoms with Gasteiger partial charge in [-0.05, 0) is 50.1 Å². The second-order valence-electron chi connectivity index (χ2n) is 7.73. The highest BCUT2D eigenvalue weighted by atomic mass is 32.2. The third-order valence-corrected chi connectivity index (χ3v) is 7.51. The maximum absolute atomic E-state index is 13.3. The number of hydrogen-bond donors (Lipinski definition) is 0. The molecule has 0 unspecified atom stereocenters. The highest BCUT2D eigenvalue weighted by Crippen LogP contribution is 2.29. The number of methoxy groups -OCH3 is 1. The molecule has 1 aliphatic heterocycles. The van der Waals surface area contributed by atoms with E-state index >= 15 is 0 Å². The number of carbonyl (C=O) groups excluding carboxylic acids is 2. The van der Waals surface area contributed by atoms with Crippen molar-refractivity contribution in [3.05, 3.63) is 54.1 Å². The Labute approximate surface area is 195 Å². The lowest BCUT2D eigenvalue weighted by atomic mass is 10.2. The predicted octanol–water partition coefficient (Wildman–Crippen LogP) is 3.47. The number of carbonyl (C=O) groups is 2. The summed E-state index contributed by atoms with van der Waals surface area (Å²) in [4.78, 5) is 26.7. The van der Waals surface area contributed by atoms with Crippen molar-refractivity contribution in [2.75, 3.05) is 38.3 Å². The Morgan fingerprint density at radius 2 is 1.67 bits per heavy atom. The first-order valence-corrected chi connectivity index (χ1v) is 12.5. The van der Waals surface area contributed by atoms with Gasteiger partial charge >= 0.3 is 5.97 Å². The summed E-state index contributed by atoms with van der Waals surface area (Å²) in [6.45, 7) is 2.65. The number of anilines is 1. The van der Waals surface area contributed by atoms with E-state index in [1.807, 2.05) is 25.1 Å². The van der Waals surface area contributed by atoms with E-state index in [4.69, 9.17) is 9.47 Å². The Morgan fingerprint density at radius 1 is 1.00 bits per heavy atom. The molecule has 0 radical (unpaired) electrons. The van der Waals surface area contributed by atoms with Crippen molar-refractivity contribution < 1.29 is 27.5 Å². The lowest BCUT2D eigenvalue weighted by Gasteiger charge is -2.22. The van der Waals surface area contributed by atoms with E-state index in [0.29, 0.717) is 25.3 Å². The number of benzene rings is 2. The summed E-state index contributed by atoms with van der Waals surface area (Å²) in [5.41, 5.74) is 0.746. The molecule has 9 heteroatoms. The largest absolute Gasteiger partial charge is 0.495 e. The van der Waals surface area contributed by atoms with E-state index in [9.17, 15) is 18.0 Å². The number of likely N-dealkylation sites (N-methyl/N-ethyl adjacent to an activating group) is 1. The van der Waals surface area contributed by atoms with Crippen LogP contribution < -0.4 is 9.64 Å². The van der Waals surface area contributed by atoms with Gasteiger partial charge in [-0.1, -0.05) is 31.0 Å². The van der Waals surface area contributed by atoms with E-state index in [1.165, 1.54) is 34.5 Å². The summed E-state index contributed by atoms with van der Waals surface area (Å²) in [6.07, 6.45) is 3.56. The van der Waals surface area contributed by atoms with Crippen molar-refractivity contribution >= 4 is 27.6 Å². The van der Waals surface area contributed by atoms with Crippen LogP contribution in [-0.4, -0.2) is 58.0 Å². The summed E-state index contributed by atoms with van der Waals surface area (Å²) in [7, 11) is -2.46. The van der Waals surface area contributed by atoms with Crippen LogP contribution in [0, 0.1) is 0 Å². The molecule has 2 aromatic carbocycles. The molecule has 0 aromatic heterocycles. The molecular formula is C24H30N2O6S. The second-order valence-corrected chi connectivity index (χ2v) is 9.64. The van der Waals surface area contributed by atoms with Gasteiger partial charge in [0.05, 0.1) is 12.7 Å². The van der Waals surface area contributed by atoms with Crippen LogP contribution in [0.1, 0.15) is 43.0 Å². The van der Waals surface area contributed by atoms with E-state index in [0.717, 1.165) is 25.7 Å². The normalized spacial score (nSPS) is 14.8. The summed E-state index contributed by atoms with van der Waals surface area (Å²) >= 11 is 0. The molecule has 2 aromatic rings. The Kier molecular flexibility index (Phi) is 8.46. The molecule has 1 aliphatic rings. The average molecular weight is 475 g/mol. The first kappa shape index (κ1) is 24.7. The molecule has 0 aliphatic carbocycles. The molecule has 1 fully saturated rings. The topological polar surface area (TPSA) is 93.2 Å². The van der Waals surface area contributed by atoms with Gasteiger partial charge in [-0.25, -0.2) is 13.2 Å². The first-order chi connectivity index (χ1) is 15.9. The fourth-order valence-corrected chi connectivity index (χ4v) is 5.52. The second kappa shape index (κ2) is 11.3. The minimum absolute atomic E-state index is 0.0414. The third kappa shape index (κ3) is 5.91. The molecule has 0 bridgehead atoms. The Hall–Kier alpha value is -2.91. The van der Waals surface area contributed by atoms with E-state index in [-0.39, 0.29) is 22.1 Å². The van der Waals surface area contributed by atoms with Crippen LogP contribution in [0.5, 0.6) is 5.75 Å². The summed E-state index contributed by atoms with van der Waals surface area (Å²) in [5.74, 6) is -0.987. The standard InChI is InChI=1S/C24H30N2O6S/c1-3-26(20-11-7-6-8-12-20)23(27)18-32-24(28)19-13-14-21(31-2)22(17-19)33(29,30)25-15-9-4-5-10-16-25/h6-8,11-14,17H,3-5,9-10,15-16,18H2,1-2H3. The van der Waals surface area contributed by atoms with Crippen LogP contribution in [-0.2, 0) is 19.6 Å². The van der Waals surface area contributed by atoms with Crippen molar-refractivity contribution in [3.63, 3.8) is 0 Å². The Balaban J connectivity index is 1.76. The highest BCUT2D eigenvalue weighted by Gasteiger charge is 2.29. The Bertz CT molecular complexity index is 1060. The van der Waals surface area contributed by atoms with Crippen LogP contribution in [0.2, 0.25) is 0 Å². The molecule has 33 heavy (non-hydrogen) atoms. The maximum atomic E-state index is 13.3. The minimum Gasteiger partial charge on any atom is -0.495 e. The monoisotopic (exact) mass is 474 g/mol. The number of ether oxygens (including phenoxy) is 2. The SMILES string of the molecule is CCN(C(=O)COC(=O)c1ccc(OC)c(S(=O)(=O)N2CCCCCC2)c1)c1ccccc1. The lowest BCUT2D eigenvalue weighted by molar-refractivity contribution is -0.121. The molecule has 0 atom stereocenters. The average Bonchev–Trinajstić information content (AvgIpc) is 3.13. The molecule has 0 spiro atoms. The Morgan fingerprint density at radius 3 is 2.27 bits per heavy atom. The van der Waals surface area contributed by atoms with Gasteiger partial charge in [0, 0.05) is 25.3 Å². The number of esters is 1. The van der Waals surface area contributed by atoms with Crippen molar-refractivity contribution in [2.45, 2.75) is 37.5 Å². The first-order valence-electron chi connectivity index (χ1n) is 11.1. The van der Waals surface area contributed by atoms with Crippen molar-refractivity contribution in [3.8, 4) is 5.75 Å². The molecular weight excluding hydrogens is 444 g/mol. The summed E-state index contributed by atoms with van der Waals surface area (Å²) < 4.78 is 38.5. The van der Waals surface area contributed by atoms with Gasteiger partial charge < -0.3 is 14.4 Å². The third-order valence-electron chi connectivity index (χ3n) is 5.59. The molecule has 8 nitrogen and oxygen atoms in total. The zero-order valence-corrected chi connectivity index (χ0v) is 19.8. The van der Waals surface area contributed by atoms with Gasteiger partial charge in [-0.3, -0.25) is 4.79 Å². The van der Waals surface area contributed by atoms with Crippen molar-refractivity contribution in [2.24, 2.45) is 0 Å². The number of hydrogen-bond acceptors (Lipinski definition) is 6. The summed E-state index contributed by atoms with van der Waals surface area (Å²) in [5, 5.41) is 0. The molecule has 178 valence electrons. The molecule has 1 saturated heterocycles. The van der Waals surface area contributed by atoms with Crippen LogP contribution in [0.4, 0.5) is 5.69 Å². The van der Waals surface area contributed by atoms with Crippen LogP contribution in [0.3, 0.4) is 0 Å². The van der Waals surface area contributed by atoms with Gasteiger partial charge in [-0.2, -0.15) is 4.31 Å². The zero-order chi connectivity index (χ0) is 23.8. The number of amides is 1. The molecule has 0 saturated carbocycles. The number of sulfonamides is 1. The number of rotatable bonds is 8. The maximum Gasteiger partial charge on any atom is 0.338 e. The minimum atomic E-state index is -3.84. The van der Waals surface area contributed by atoms with Gasteiger partial charge in [0.15, 0.2) is 6.61 Å². The smallest absolute Gasteiger partial charge is 0.338 e. The fourth-order valence-electron chi connectivity index (χ4n) is 3.83. The van der Waals surface area contributed by atoms with Gasteiger partial charge in [-0.15, -0.1) is 0 Å². The van der Waals surface area contributed by atoms with Gasteiger partial charge in [0.2, 0.25) is 10.0 Å². The quantitative estimate of drug-likeness (QED) is 0.544. The van der Waals surface area contributed by atoms with Gasteiger partial charge in [0.1, 0.15) is 10.6 Å². The van der Waals surface area contributed by atoms with Gasteiger partial charge in [0.25, 0.3) is 5.91 Å². The van der Waals surface area contributed by atoms with Crippen LogP contribution in [0.25, 0.3) is 0 Å². The highest BCUT2D eigenvalue weighted by molar-refractivity contribution is 7.89. The van der Waals surface area contributed by atoms with Crippen LogP contribution in [0.15, 0.2) is 53.4 Å². The fraction of sp³-hybridized carbons (Fsp3) is 0.417. The van der Waals surface area contributed by atoms with E-state index in [2.05, 4.69) is 0 Å². The van der Waals surface area contributed by atoms with E-state index < -0.39 is 22.6 Å². The van der Waals surface area contributed by atoms with Crippen LogP contribution >= 0.6 is 0 Å². The molecule has 1 heterocycles. The number of para-hydroxylation sites is 1. The molecule has 0 N–H and O–H groups in total. The molecule has 1 amide bonds. The molecule has 3 rings (SSSR count).